The SMILES string of the molecule is C=CCOC(=O)N1C[C@H](O)C[C@H]1C(=O)Nc1ccccc1[N+](=O)[O-]. The number of rotatable bonds is 5. The van der Waals surface area contributed by atoms with Crippen molar-refractivity contribution in [2.45, 2.75) is 18.6 Å². The summed E-state index contributed by atoms with van der Waals surface area (Å²) in [6.45, 7) is 3.35. The van der Waals surface area contributed by atoms with Gasteiger partial charge in [0.05, 0.1) is 17.6 Å². The molecule has 9 nitrogen and oxygen atoms in total. The number of likely N-dealkylation sites (tertiary alicyclic amines) is 1. The molecular formula is C15H17N3O6. The molecule has 1 saturated heterocycles. The van der Waals surface area contributed by atoms with Crippen molar-refractivity contribution in [2.75, 3.05) is 18.5 Å². The van der Waals surface area contributed by atoms with Gasteiger partial charge >= 0.3 is 6.09 Å². The van der Waals surface area contributed by atoms with Crippen LogP contribution in [-0.2, 0) is 9.53 Å². The third-order valence-electron chi connectivity index (χ3n) is 3.50. The van der Waals surface area contributed by atoms with E-state index in [0.29, 0.717) is 0 Å². The van der Waals surface area contributed by atoms with Gasteiger partial charge in [0.2, 0.25) is 5.91 Å². The van der Waals surface area contributed by atoms with E-state index in [1.165, 1.54) is 24.3 Å². The molecule has 2 amide bonds. The number of nitrogens with zero attached hydrogens (tertiary/aromatic N) is 2. The van der Waals surface area contributed by atoms with Gasteiger partial charge in [-0.1, -0.05) is 24.8 Å². The van der Waals surface area contributed by atoms with Crippen LogP contribution in [0.25, 0.3) is 0 Å². The monoisotopic (exact) mass is 335 g/mol. The number of β-amino-alcohol motifs (C(OH)–C–C–N with tert-alkyl or cyclic N) is 1. The molecule has 128 valence electrons. The van der Waals surface area contributed by atoms with Crippen molar-refractivity contribution in [3.63, 3.8) is 0 Å². The lowest BCUT2D eigenvalue weighted by Gasteiger charge is -2.22. The molecule has 0 radical (unpaired) electrons. The largest absolute Gasteiger partial charge is 0.445 e. The summed E-state index contributed by atoms with van der Waals surface area (Å²) in [5.74, 6) is -0.628. The van der Waals surface area contributed by atoms with Gasteiger partial charge in [-0.25, -0.2) is 4.79 Å². The normalized spacial score (nSPS) is 19.6. The zero-order chi connectivity index (χ0) is 17.7. The van der Waals surface area contributed by atoms with Crippen LogP contribution in [0.4, 0.5) is 16.2 Å². The van der Waals surface area contributed by atoms with Crippen LogP contribution in [0.1, 0.15) is 6.42 Å². The van der Waals surface area contributed by atoms with Crippen molar-refractivity contribution in [2.24, 2.45) is 0 Å². The molecule has 0 aromatic heterocycles. The Hall–Kier alpha value is -2.94. The molecule has 1 fully saturated rings. The molecular weight excluding hydrogens is 318 g/mol. The van der Waals surface area contributed by atoms with E-state index in [2.05, 4.69) is 11.9 Å². The summed E-state index contributed by atoms with van der Waals surface area (Å²) in [5.41, 5.74) is -0.238. The number of amides is 2. The summed E-state index contributed by atoms with van der Waals surface area (Å²) < 4.78 is 4.89. The lowest BCUT2D eigenvalue weighted by Crippen LogP contribution is -2.43. The van der Waals surface area contributed by atoms with Gasteiger partial charge in [0.25, 0.3) is 5.69 Å². The first-order valence-electron chi connectivity index (χ1n) is 7.20. The molecule has 1 aliphatic heterocycles. The van der Waals surface area contributed by atoms with Gasteiger partial charge in [-0.3, -0.25) is 19.8 Å². The minimum Gasteiger partial charge on any atom is -0.445 e. The number of hydrogen-bond acceptors (Lipinski definition) is 6. The Morgan fingerprint density at radius 2 is 2.21 bits per heavy atom. The maximum Gasteiger partial charge on any atom is 0.410 e. The third-order valence-corrected chi connectivity index (χ3v) is 3.50. The van der Waals surface area contributed by atoms with Gasteiger partial charge in [-0.15, -0.1) is 0 Å². The van der Waals surface area contributed by atoms with E-state index in [1.54, 1.807) is 6.07 Å². The van der Waals surface area contributed by atoms with E-state index in [4.69, 9.17) is 4.74 Å². The van der Waals surface area contributed by atoms with E-state index < -0.39 is 29.1 Å². The van der Waals surface area contributed by atoms with E-state index in [9.17, 15) is 24.8 Å². The molecule has 2 rings (SSSR count). The van der Waals surface area contributed by atoms with Crippen molar-refractivity contribution >= 4 is 23.4 Å². The van der Waals surface area contributed by atoms with E-state index in [0.717, 1.165) is 4.90 Å². The standard InChI is InChI=1S/C15H17N3O6/c1-2-7-24-15(21)17-9-10(19)8-13(17)14(20)16-11-5-3-4-6-12(11)18(22)23/h2-6,10,13,19H,1,7-9H2,(H,16,20)/t10-,13+/m1/s1. The lowest BCUT2D eigenvalue weighted by atomic mass is 10.1. The number of para-hydroxylation sites is 2. The summed E-state index contributed by atoms with van der Waals surface area (Å²) in [4.78, 5) is 35.8. The fourth-order valence-electron chi connectivity index (χ4n) is 2.43. The number of nitrogens with one attached hydrogen (secondary N) is 1. The predicted molar refractivity (Wildman–Crippen MR) is 84.4 cm³/mol. The maximum atomic E-state index is 12.4. The Balaban J connectivity index is 2.14. The molecule has 1 aromatic carbocycles. The van der Waals surface area contributed by atoms with E-state index >= 15 is 0 Å². The van der Waals surface area contributed by atoms with Gasteiger partial charge in [0.1, 0.15) is 18.3 Å². The molecule has 0 spiro atoms. The highest BCUT2D eigenvalue weighted by Crippen LogP contribution is 2.26. The highest BCUT2D eigenvalue weighted by Gasteiger charge is 2.40. The van der Waals surface area contributed by atoms with Crippen LogP contribution in [0, 0.1) is 10.1 Å². The summed E-state index contributed by atoms with van der Waals surface area (Å²) in [6.07, 6.45) is -0.223. The Bertz CT molecular complexity index is 662. The summed E-state index contributed by atoms with van der Waals surface area (Å²) in [5, 5.41) is 23.2. The first-order valence-corrected chi connectivity index (χ1v) is 7.20. The zero-order valence-corrected chi connectivity index (χ0v) is 12.8. The summed E-state index contributed by atoms with van der Waals surface area (Å²) in [6, 6.07) is 4.70. The molecule has 0 unspecified atom stereocenters. The van der Waals surface area contributed by atoms with Gasteiger partial charge < -0.3 is 15.2 Å². The fourth-order valence-corrected chi connectivity index (χ4v) is 2.43. The fraction of sp³-hybridized carbons (Fsp3) is 0.333. The average molecular weight is 335 g/mol. The summed E-state index contributed by atoms with van der Waals surface area (Å²) >= 11 is 0. The second-order valence-electron chi connectivity index (χ2n) is 5.19. The number of carbonyl (C=O) groups is 2. The molecule has 0 aliphatic carbocycles. The van der Waals surface area contributed by atoms with Gasteiger partial charge in [-0.2, -0.15) is 0 Å². The van der Waals surface area contributed by atoms with Crippen molar-refractivity contribution in [1.82, 2.24) is 4.90 Å². The number of anilines is 1. The lowest BCUT2D eigenvalue weighted by molar-refractivity contribution is -0.383. The number of hydrogen-bond donors (Lipinski definition) is 2. The molecule has 1 aliphatic rings. The van der Waals surface area contributed by atoms with E-state index in [1.807, 2.05) is 0 Å². The maximum absolute atomic E-state index is 12.4. The smallest absolute Gasteiger partial charge is 0.410 e. The summed E-state index contributed by atoms with van der Waals surface area (Å²) in [7, 11) is 0. The molecule has 1 aromatic rings. The molecule has 9 heteroatoms. The highest BCUT2D eigenvalue weighted by atomic mass is 16.6. The van der Waals surface area contributed by atoms with Crippen LogP contribution < -0.4 is 5.32 Å². The van der Waals surface area contributed by atoms with Crippen LogP contribution in [-0.4, -0.2) is 52.2 Å². The number of carbonyl (C=O) groups excluding carboxylic acids is 2. The van der Waals surface area contributed by atoms with Crippen molar-refractivity contribution in [1.29, 1.82) is 0 Å². The van der Waals surface area contributed by atoms with Crippen molar-refractivity contribution in [3.8, 4) is 0 Å². The minimum absolute atomic E-state index is 0.0216. The molecule has 24 heavy (non-hydrogen) atoms. The number of nitro groups is 1. The van der Waals surface area contributed by atoms with Gasteiger partial charge in [-0.05, 0) is 6.07 Å². The molecule has 0 saturated carbocycles. The van der Waals surface area contributed by atoms with Crippen molar-refractivity contribution in [3.05, 3.63) is 47.0 Å². The van der Waals surface area contributed by atoms with Crippen LogP contribution in [0.15, 0.2) is 36.9 Å². The van der Waals surface area contributed by atoms with Crippen LogP contribution in [0.3, 0.4) is 0 Å². The van der Waals surface area contributed by atoms with Crippen LogP contribution in [0.5, 0.6) is 0 Å². The Morgan fingerprint density at radius 1 is 1.50 bits per heavy atom. The number of benzene rings is 1. The third kappa shape index (κ3) is 3.87. The first-order chi connectivity index (χ1) is 11.4. The van der Waals surface area contributed by atoms with Gasteiger partial charge in [0.15, 0.2) is 0 Å². The van der Waals surface area contributed by atoms with Crippen molar-refractivity contribution < 1.29 is 24.4 Å². The predicted octanol–water partition coefficient (Wildman–Crippen LogP) is 1.29. The minimum atomic E-state index is -0.975. The zero-order valence-electron chi connectivity index (χ0n) is 12.8. The Kier molecular flexibility index (Phi) is 5.48. The highest BCUT2D eigenvalue weighted by molar-refractivity contribution is 5.98. The number of ether oxygens (including phenoxy) is 1. The Labute approximate surface area is 137 Å². The molecule has 2 atom stereocenters. The van der Waals surface area contributed by atoms with Crippen LogP contribution >= 0.6 is 0 Å². The topological polar surface area (TPSA) is 122 Å². The van der Waals surface area contributed by atoms with Crippen LogP contribution in [0.2, 0.25) is 0 Å². The molecule has 2 N–H and O–H groups in total. The average Bonchev–Trinajstić information content (AvgIpc) is 2.95. The van der Waals surface area contributed by atoms with Gasteiger partial charge in [0, 0.05) is 12.5 Å². The number of nitro benzene ring substituents is 1. The number of aliphatic hydroxyl groups excluding tert-OH is 1. The molecule has 1 heterocycles. The first kappa shape index (κ1) is 17.4. The Morgan fingerprint density at radius 3 is 2.88 bits per heavy atom. The van der Waals surface area contributed by atoms with E-state index in [-0.39, 0.29) is 30.9 Å². The second kappa shape index (κ2) is 7.55. The number of aliphatic hydroxyl groups is 1. The molecule has 0 bridgehead atoms. The second-order valence-corrected chi connectivity index (χ2v) is 5.19. The quantitative estimate of drug-likeness (QED) is 0.475.